The molecule has 1 N–H and O–H groups in total. The molecule has 36 heavy (non-hydrogen) atoms. The van der Waals surface area contributed by atoms with Gasteiger partial charge in [-0.05, 0) is 75.0 Å². The van der Waals surface area contributed by atoms with E-state index in [2.05, 4.69) is 18.2 Å². The van der Waals surface area contributed by atoms with Crippen LogP contribution >= 0.6 is 23.5 Å². The molecule has 0 fully saturated rings. The Morgan fingerprint density at radius 2 is 1.67 bits per heavy atom. The largest absolute Gasteiger partial charge is 0.485 e. The van der Waals surface area contributed by atoms with E-state index in [1.54, 1.807) is 42.4 Å². The molecule has 3 aromatic carbocycles. The van der Waals surface area contributed by atoms with E-state index in [0.717, 1.165) is 23.1 Å². The summed E-state index contributed by atoms with van der Waals surface area (Å²) in [4.78, 5) is 24.2. The maximum atomic E-state index is 14.4. The minimum Gasteiger partial charge on any atom is -0.485 e. The summed E-state index contributed by atoms with van der Waals surface area (Å²) in [5, 5.41) is 3.54. The normalized spacial score (nSPS) is 10.2. The SMILES string of the molecule is C#C.CC.CC(C)Oc1c(NCCCCN(Sc2ccc(Cl)cc2)c2cc(F)ccc2F)c(=O)c1=O. The molecule has 0 spiro atoms. The smallest absolute Gasteiger partial charge is 0.272 e. The van der Waals surface area contributed by atoms with Gasteiger partial charge in [0, 0.05) is 29.1 Å². The molecule has 0 unspecified atom stereocenters. The van der Waals surface area contributed by atoms with E-state index in [1.807, 2.05) is 13.8 Å². The number of halogens is 3. The van der Waals surface area contributed by atoms with Crippen LogP contribution in [0.15, 0.2) is 56.9 Å². The van der Waals surface area contributed by atoms with Crippen molar-refractivity contribution < 1.29 is 13.5 Å². The van der Waals surface area contributed by atoms with Crippen LogP contribution in [0.1, 0.15) is 40.5 Å². The summed E-state index contributed by atoms with van der Waals surface area (Å²) >= 11 is 7.21. The minimum atomic E-state index is -0.617. The summed E-state index contributed by atoms with van der Waals surface area (Å²) in [7, 11) is 0. The van der Waals surface area contributed by atoms with Gasteiger partial charge in [-0.25, -0.2) is 8.78 Å². The van der Waals surface area contributed by atoms with Crippen molar-refractivity contribution in [3.8, 4) is 18.6 Å². The molecule has 0 atom stereocenters. The Hall–Kier alpha value is -3.02. The van der Waals surface area contributed by atoms with Gasteiger partial charge in [-0.15, -0.1) is 12.8 Å². The molecule has 0 saturated carbocycles. The molecular weight excluding hydrogens is 506 g/mol. The first-order chi connectivity index (χ1) is 17.3. The summed E-state index contributed by atoms with van der Waals surface area (Å²) in [6, 6.07) is 10.4. The molecule has 5 nitrogen and oxygen atoms in total. The topological polar surface area (TPSA) is 58.6 Å². The number of unbranched alkanes of at least 4 members (excludes halogenated alkanes) is 1. The van der Waals surface area contributed by atoms with Gasteiger partial charge in [0.15, 0.2) is 5.75 Å². The van der Waals surface area contributed by atoms with Crippen molar-refractivity contribution >= 4 is 34.9 Å². The maximum Gasteiger partial charge on any atom is 0.272 e. The van der Waals surface area contributed by atoms with Crippen LogP contribution < -0.4 is 25.2 Å². The lowest BCUT2D eigenvalue weighted by Crippen LogP contribution is -2.37. The van der Waals surface area contributed by atoms with Crippen LogP contribution in [0.5, 0.6) is 5.75 Å². The Morgan fingerprint density at radius 3 is 2.28 bits per heavy atom. The van der Waals surface area contributed by atoms with Crippen LogP contribution in [0, 0.1) is 24.5 Å². The zero-order chi connectivity index (χ0) is 27.3. The fourth-order valence-electron chi connectivity index (χ4n) is 2.99. The van der Waals surface area contributed by atoms with Gasteiger partial charge in [0.1, 0.15) is 17.3 Å². The fraction of sp³-hybridized carbons (Fsp3) is 0.333. The predicted octanol–water partition coefficient (Wildman–Crippen LogP) is 6.68. The number of benzene rings is 2. The monoisotopic (exact) mass is 536 g/mol. The third-order valence-corrected chi connectivity index (χ3v) is 5.85. The molecule has 0 aliphatic heterocycles. The van der Waals surface area contributed by atoms with Crippen molar-refractivity contribution in [3.63, 3.8) is 0 Å². The average Bonchev–Trinajstić information content (AvgIpc) is 2.89. The first kappa shape index (κ1) is 31.0. The predicted molar refractivity (Wildman–Crippen MR) is 147 cm³/mol. The molecule has 9 heteroatoms. The molecule has 0 bridgehead atoms. The Kier molecular flexibility index (Phi) is 13.7. The van der Waals surface area contributed by atoms with Crippen LogP contribution in [-0.4, -0.2) is 19.2 Å². The molecule has 0 aliphatic carbocycles. The highest BCUT2D eigenvalue weighted by molar-refractivity contribution is 8.00. The number of rotatable bonds is 11. The van der Waals surface area contributed by atoms with E-state index >= 15 is 0 Å². The number of nitrogens with one attached hydrogen (secondary N) is 1. The summed E-state index contributed by atoms with van der Waals surface area (Å²) in [6.45, 7) is 8.42. The van der Waals surface area contributed by atoms with E-state index in [4.69, 9.17) is 16.3 Å². The Balaban J connectivity index is 0.00000154. The second-order valence-electron chi connectivity index (χ2n) is 7.41. The Labute approximate surface area is 220 Å². The van der Waals surface area contributed by atoms with Gasteiger partial charge in [-0.2, -0.15) is 0 Å². The highest BCUT2D eigenvalue weighted by atomic mass is 35.5. The number of hydrogen-bond acceptors (Lipinski definition) is 6. The van der Waals surface area contributed by atoms with Crippen LogP contribution in [0.3, 0.4) is 0 Å². The summed E-state index contributed by atoms with van der Waals surface area (Å²) < 4.78 is 35.2. The van der Waals surface area contributed by atoms with Crippen LogP contribution in [0.2, 0.25) is 5.02 Å². The standard InChI is InChI=1S/C23H23ClF2N2O3S.C2H6.C2H2/c1-14(2)31-23-20(21(29)22(23)30)27-11-3-4-12-28(19-13-16(25)7-10-18(19)26)32-17-8-5-15(24)6-9-17;2*1-2/h5-10,13-14,27H,3-4,11-12H2,1-2H3;1-2H3;1-2H. The van der Waals surface area contributed by atoms with Gasteiger partial charge >= 0.3 is 0 Å². The Bertz CT molecular complexity index is 1180. The lowest BCUT2D eigenvalue weighted by atomic mass is 10.2. The first-order valence-electron chi connectivity index (χ1n) is 11.5. The molecule has 0 aliphatic rings. The minimum absolute atomic E-state index is 0.0757. The molecule has 0 amide bonds. The number of hydrogen-bond donors (Lipinski definition) is 1. The fourth-order valence-corrected chi connectivity index (χ4v) is 4.09. The third kappa shape index (κ3) is 8.89. The molecule has 0 heterocycles. The van der Waals surface area contributed by atoms with Crippen LogP contribution in [0.4, 0.5) is 20.2 Å². The van der Waals surface area contributed by atoms with E-state index in [0.29, 0.717) is 31.0 Å². The molecule has 3 aromatic rings. The van der Waals surface area contributed by atoms with Gasteiger partial charge < -0.3 is 14.4 Å². The van der Waals surface area contributed by atoms with E-state index < -0.39 is 22.5 Å². The number of nitrogens with zero attached hydrogens (tertiary/aromatic N) is 1. The first-order valence-corrected chi connectivity index (χ1v) is 12.6. The third-order valence-electron chi connectivity index (χ3n) is 4.52. The Morgan fingerprint density at radius 1 is 1.03 bits per heavy atom. The lowest BCUT2D eigenvalue weighted by Gasteiger charge is -2.24. The maximum absolute atomic E-state index is 14.4. The second kappa shape index (κ2) is 15.9. The number of terminal acetylenes is 1. The van der Waals surface area contributed by atoms with Crippen molar-refractivity contribution in [2.45, 2.75) is 51.5 Å². The van der Waals surface area contributed by atoms with Crippen molar-refractivity contribution in [3.05, 3.63) is 79.6 Å². The second-order valence-corrected chi connectivity index (χ2v) is 8.94. The zero-order valence-corrected chi connectivity index (χ0v) is 22.4. The van der Waals surface area contributed by atoms with E-state index in [-0.39, 0.29) is 23.2 Å². The lowest BCUT2D eigenvalue weighted by molar-refractivity contribution is 0.238. The van der Waals surface area contributed by atoms with Gasteiger partial charge in [-0.1, -0.05) is 25.4 Å². The summed E-state index contributed by atoms with van der Waals surface area (Å²) in [5.41, 5.74) is -0.851. The zero-order valence-electron chi connectivity index (χ0n) is 20.8. The average molecular weight is 537 g/mol. The molecule has 0 radical (unpaired) electrons. The van der Waals surface area contributed by atoms with E-state index in [9.17, 15) is 18.4 Å². The molecular formula is C27H31ClF2N2O3S. The van der Waals surface area contributed by atoms with Gasteiger partial charge in [0.25, 0.3) is 10.9 Å². The van der Waals surface area contributed by atoms with Crippen molar-refractivity contribution in [1.29, 1.82) is 0 Å². The van der Waals surface area contributed by atoms with Crippen molar-refractivity contribution in [2.75, 3.05) is 22.7 Å². The highest BCUT2D eigenvalue weighted by Crippen LogP contribution is 2.32. The molecule has 0 aromatic heterocycles. The van der Waals surface area contributed by atoms with Gasteiger partial charge in [0.05, 0.1) is 11.8 Å². The van der Waals surface area contributed by atoms with Crippen molar-refractivity contribution in [2.24, 2.45) is 0 Å². The quantitative estimate of drug-likeness (QED) is 0.128. The van der Waals surface area contributed by atoms with Crippen LogP contribution in [0.25, 0.3) is 0 Å². The van der Waals surface area contributed by atoms with Crippen molar-refractivity contribution in [1.82, 2.24) is 0 Å². The summed E-state index contributed by atoms with van der Waals surface area (Å²) in [5.74, 6) is -0.973. The molecule has 3 rings (SSSR count). The number of anilines is 2. The van der Waals surface area contributed by atoms with E-state index in [1.165, 1.54) is 11.9 Å². The molecule has 0 saturated heterocycles. The highest BCUT2D eigenvalue weighted by Gasteiger charge is 2.23. The van der Waals surface area contributed by atoms with Crippen LogP contribution in [-0.2, 0) is 0 Å². The number of ether oxygens (including phenoxy) is 1. The molecule has 194 valence electrons. The summed E-state index contributed by atoms with van der Waals surface area (Å²) in [6.07, 6.45) is 9.05. The van der Waals surface area contributed by atoms with Gasteiger partial charge in [-0.3, -0.25) is 9.59 Å². The van der Waals surface area contributed by atoms with Gasteiger partial charge in [0.2, 0.25) is 0 Å².